The highest BCUT2D eigenvalue weighted by atomic mass is 79.9. The molecule has 0 bridgehead atoms. The van der Waals surface area contributed by atoms with E-state index in [-0.39, 0.29) is 12.6 Å². The van der Waals surface area contributed by atoms with Crippen LogP contribution in [-0.2, 0) is 16.0 Å². The molecule has 1 amide bonds. The van der Waals surface area contributed by atoms with Crippen LogP contribution < -0.4 is 4.74 Å². The molecule has 1 aliphatic heterocycles. The summed E-state index contributed by atoms with van der Waals surface area (Å²) in [6, 6.07) is 5.07. The third kappa shape index (κ3) is 7.25. The Labute approximate surface area is 167 Å². The Morgan fingerprint density at radius 3 is 2.59 bits per heavy atom. The normalized spacial score (nSPS) is 15.7. The number of alkyl halides is 2. The molecule has 0 radical (unpaired) electrons. The predicted molar refractivity (Wildman–Crippen MR) is 101 cm³/mol. The van der Waals surface area contributed by atoms with E-state index in [0.29, 0.717) is 37.4 Å². The fraction of sp³-hybridized carbons (Fsp3) is 0.632. The number of carbonyl (C=O) groups excluding carboxylic acids is 1. The molecular formula is C19H26BrF2NO4. The summed E-state index contributed by atoms with van der Waals surface area (Å²) in [6.45, 7) is 6.07. The maximum atomic E-state index is 12.8. The van der Waals surface area contributed by atoms with Crippen LogP contribution in [0.25, 0.3) is 0 Å². The summed E-state index contributed by atoms with van der Waals surface area (Å²) in [4.78, 5) is 14.5. The third-order valence-electron chi connectivity index (χ3n) is 3.99. The van der Waals surface area contributed by atoms with Crippen LogP contribution in [0.5, 0.6) is 5.75 Å². The maximum Gasteiger partial charge on any atom is 0.410 e. The summed E-state index contributed by atoms with van der Waals surface area (Å²) >= 11 is 3.39. The molecule has 1 aromatic carbocycles. The van der Waals surface area contributed by atoms with Crippen LogP contribution in [0, 0.1) is 0 Å². The van der Waals surface area contributed by atoms with E-state index < -0.39 is 24.7 Å². The number of rotatable bonds is 6. The highest BCUT2D eigenvalue weighted by molar-refractivity contribution is 9.10. The van der Waals surface area contributed by atoms with E-state index in [1.165, 1.54) is 0 Å². The molecule has 1 saturated heterocycles. The molecule has 27 heavy (non-hydrogen) atoms. The van der Waals surface area contributed by atoms with Gasteiger partial charge in [0.1, 0.15) is 18.0 Å². The molecule has 0 atom stereocenters. The Morgan fingerprint density at radius 1 is 1.33 bits per heavy atom. The fourth-order valence-corrected chi connectivity index (χ4v) is 3.22. The lowest BCUT2D eigenvalue weighted by Gasteiger charge is -2.35. The quantitative estimate of drug-likeness (QED) is 0.612. The van der Waals surface area contributed by atoms with Crippen molar-refractivity contribution < 1.29 is 27.8 Å². The average molecular weight is 450 g/mol. The number of carbonyl (C=O) groups is 1. The maximum absolute atomic E-state index is 12.8. The highest BCUT2D eigenvalue weighted by Gasteiger charge is 2.30. The van der Waals surface area contributed by atoms with E-state index in [4.69, 9.17) is 14.2 Å². The monoisotopic (exact) mass is 449 g/mol. The van der Waals surface area contributed by atoms with E-state index in [2.05, 4.69) is 15.9 Å². The Hall–Kier alpha value is -1.41. The first-order valence-corrected chi connectivity index (χ1v) is 9.72. The summed E-state index contributed by atoms with van der Waals surface area (Å²) in [5.41, 5.74) is 0.00892. The third-order valence-corrected chi connectivity index (χ3v) is 4.48. The molecule has 0 unspecified atom stereocenters. The van der Waals surface area contributed by atoms with Gasteiger partial charge in [-0.15, -0.1) is 0 Å². The van der Waals surface area contributed by atoms with Crippen molar-refractivity contribution in [1.29, 1.82) is 0 Å². The second-order valence-electron chi connectivity index (χ2n) is 7.41. The Kier molecular flexibility index (Phi) is 7.85. The molecule has 1 fully saturated rings. The van der Waals surface area contributed by atoms with Gasteiger partial charge in [0.25, 0.3) is 6.43 Å². The van der Waals surface area contributed by atoms with Crippen LogP contribution in [-0.4, -0.2) is 48.9 Å². The Bertz CT molecular complexity index is 631. The van der Waals surface area contributed by atoms with E-state index in [9.17, 15) is 13.6 Å². The van der Waals surface area contributed by atoms with Crippen molar-refractivity contribution in [3.05, 3.63) is 28.2 Å². The SMILES string of the molecule is CC(C)(C)OC(=O)N(Cc1cc(Br)ccc1OCC(F)F)C1CCOCC1. The molecule has 0 aliphatic carbocycles. The van der Waals surface area contributed by atoms with Gasteiger partial charge in [-0.25, -0.2) is 13.6 Å². The van der Waals surface area contributed by atoms with Gasteiger partial charge in [0.05, 0.1) is 6.54 Å². The number of nitrogens with zero attached hydrogens (tertiary/aromatic N) is 1. The van der Waals surface area contributed by atoms with Gasteiger partial charge in [0.2, 0.25) is 0 Å². The molecule has 5 nitrogen and oxygen atoms in total. The van der Waals surface area contributed by atoms with Gasteiger partial charge in [-0.05, 0) is 51.8 Å². The number of benzene rings is 1. The summed E-state index contributed by atoms with van der Waals surface area (Å²) in [6.07, 6.45) is -1.62. The Balaban J connectivity index is 2.25. The molecule has 1 aliphatic rings. The molecule has 0 aromatic heterocycles. The van der Waals surface area contributed by atoms with Gasteiger partial charge in [0.15, 0.2) is 0 Å². The van der Waals surface area contributed by atoms with Gasteiger partial charge >= 0.3 is 6.09 Å². The zero-order valence-corrected chi connectivity index (χ0v) is 17.4. The summed E-state index contributed by atoms with van der Waals surface area (Å²) in [5.74, 6) is 0.333. The van der Waals surface area contributed by atoms with Crippen molar-refractivity contribution in [3.63, 3.8) is 0 Å². The minimum Gasteiger partial charge on any atom is -0.487 e. The lowest BCUT2D eigenvalue weighted by molar-refractivity contribution is -0.00842. The molecule has 1 heterocycles. The van der Waals surface area contributed by atoms with Gasteiger partial charge in [-0.3, -0.25) is 0 Å². The summed E-state index contributed by atoms with van der Waals surface area (Å²) in [7, 11) is 0. The lowest BCUT2D eigenvalue weighted by atomic mass is 10.1. The highest BCUT2D eigenvalue weighted by Crippen LogP contribution is 2.28. The fourth-order valence-electron chi connectivity index (χ4n) is 2.81. The second-order valence-corrected chi connectivity index (χ2v) is 8.32. The number of halogens is 3. The first-order chi connectivity index (χ1) is 12.7. The number of hydrogen-bond acceptors (Lipinski definition) is 4. The topological polar surface area (TPSA) is 48.0 Å². The molecule has 0 spiro atoms. The number of ether oxygens (including phenoxy) is 3. The van der Waals surface area contributed by atoms with Gasteiger partial charge in [-0.1, -0.05) is 15.9 Å². The van der Waals surface area contributed by atoms with Gasteiger partial charge < -0.3 is 19.1 Å². The second kappa shape index (κ2) is 9.68. The van der Waals surface area contributed by atoms with Crippen LogP contribution >= 0.6 is 15.9 Å². The number of hydrogen-bond donors (Lipinski definition) is 0. The molecule has 152 valence electrons. The van der Waals surface area contributed by atoms with Crippen LogP contribution in [0.2, 0.25) is 0 Å². The van der Waals surface area contributed by atoms with Gasteiger partial charge in [0, 0.05) is 29.3 Å². The van der Waals surface area contributed by atoms with E-state index in [1.54, 1.807) is 23.1 Å². The van der Waals surface area contributed by atoms with Crippen LogP contribution in [0.4, 0.5) is 13.6 Å². The van der Waals surface area contributed by atoms with Crippen molar-refractivity contribution in [3.8, 4) is 5.75 Å². The molecule has 8 heteroatoms. The largest absolute Gasteiger partial charge is 0.487 e. The Morgan fingerprint density at radius 2 is 2.00 bits per heavy atom. The van der Waals surface area contributed by atoms with E-state index in [1.807, 2.05) is 20.8 Å². The molecular weight excluding hydrogens is 424 g/mol. The van der Waals surface area contributed by atoms with Crippen molar-refractivity contribution in [2.75, 3.05) is 19.8 Å². The van der Waals surface area contributed by atoms with Crippen molar-refractivity contribution in [2.45, 2.75) is 58.2 Å². The number of amides is 1. The van der Waals surface area contributed by atoms with E-state index >= 15 is 0 Å². The smallest absolute Gasteiger partial charge is 0.410 e. The van der Waals surface area contributed by atoms with Crippen molar-refractivity contribution in [2.24, 2.45) is 0 Å². The first kappa shape index (κ1) is 21.9. The average Bonchev–Trinajstić information content (AvgIpc) is 2.58. The molecule has 2 rings (SSSR count). The minimum atomic E-state index is -2.57. The summed E-state index contributed by atoms with van der Waals surface area (Å²) < 4.78 is 42.1. The van der Waals surface area contributed by atoms with Crippen molar-refractivity contribution >= 4 is 22.0 Å². The minimum absolute atomic E-state index is 0.0458. The van der Waals surface area contributed by atoms with Crippen LogP contribution in [0.3, 0.4) is 0 Å². The van der Waals surface area contributed by atoms with E-state index in [0.717, 1.165) is 4.47 Å². The zero-order chi connectivity index (χ0) is 20.0. The van der Waals surface area contributed by atoms with Crippen LogP contribution in [0.15, 0.2) is 22.7 Å². The first-order valence-electron chi connectivity index (χ1n) is 8.92. The molecule has 1 aromatic rings. The van der Waals surface area contributed by atoms with Crippen molar-refractivity contribution in [1.82, 2.24) is 4.90 Å². The summed E-state index contributed by atoms with van der Waals surface area (Å²) in [5, 5.41) is 0. The lowest BCUT2D eigenvalue weighted by Crippen LogP contribution is -2.45. The molecule has 0 saturated carbocycles. The predicted octanol–water partition coefficient (Wildman–Crippen LogP) is 5.01. The zero-order valence-electron chi connectivity index (χ0n) is 15.8. The van der Waals surface area contributed by atoms with Crippen LogP contribution in [0.1, 0.15) is 39.2 Å². The van der Waals surface area contributed by atoms with Gasteiger partial charge in [-0.2, -0.15) is 0 Å². The molecule has 0 N–H and O–H groups in total. The standard InChI is InChI=1S/C19H26BrF2NO4/c1-19(2,3)27-18(24)23(15-6-8-25-9-7-15)11-13-10-14(20)4-5-16(13)26-12-17(21)22/h4-5,10,15,17H,6-9,11-12H2,1-3H3.